The average Bonchev–Trinajstić information content (AvgIpc) is 3.39. The number of aliphatic imine (C=N–C) groups is 1. The summed E-state index contributed by atoms with van der Waals surface area (Å²) in [6, 6.07) is 6.58. The van der Waals surface area contributed by atoms with Crippen molar-refractivity contribution in [3.05, 3.63) is 39.9 Å². The molecule has 1 N–H and O–H groups in total. The molecule has 1 aliphatic carbocycles. The largest absolute Gasteiger partial charge is 0.379 e. The fourth-order valence-corrected chi connectivity index (χ4v) is 2.25. The van der Waals surface area contributed by atoms with Gasteiger partial charge in [0.25, 0.3) is 5.69 Å². The number of nitrogens with zero attached hydrogens (tertiary/aromatic N) is 3. The number of hydrogen-bond acceptors (Lipinski definition) is 4. The van der Waals surface area contributed by atoms with Crippen LogP contribution in [-0.2, 0) is 11.3 Å². The normalized spacial score (nSPS) is 14.5. The van der Waals surface area contributed by atoms with E-state index in [2.05, 4.69) is 10.3 Å². The number of ether oxygens (including phenoxy) is 1. The third-order valence-corrected chi connectivity index (χ3v) is 3.85. The topological polar surface area (TPSA) is 80.0 Å². The third-order valence-electron chi connectivity index (χ3n) is 3.85. The molecule has 0 spiro atoms. The highest BCUT2D eigenvalue weighted by Gasteiger charge is 2.21. The molecule has 0 unspecified atom stereocenters. The summed E-state index contributed by atoms with van der Waals surface area (Å²) in [5.74, 6) is 1.55. The molecule has 1 aromatic carbocycles. The van der Waals surface area contributed by atoms with E-state index in [-0.39, 0.29) is 10.6 Å². The van der Waals surface area contributed by atoms with Crippen LogP contribution < -0.4 is 5.32 Å². The molecule has 0 amide bonds. The van der Waals surface area contributed by atoms with E-state index in [0.717, 1.165) is 37.1 Å². The molecule has 1 aromatic rings. The molecule has 2 rings (SSSR count). The Morgan fingerprint density at radius 3 is 2.96 bits per heavy atom. The van der Waals surface area contributed by atoms with Crippen molar-refractivity contribution in [3.8, 4) is 0 Å². The molecular weight excluding hydrogens is 308 g/mol. The number of likely N-dealkylation sites (N-methyl/N-ethyl adjacent to an activating group) is 1. The Hall–Kier alpha value is -2.15. The van der Waals surface area contributed by atoms with Crippen LogP contribution in [0.25, 0.3) is 0 Å². The van der Waals surface area contributed by atoms with Crippen LogP contribution in [0.2, 0.25) is 0 Å². The van der Waals surface area contributed by atoms with E-state index in [1.165, 1.54) is 18.9 Å². The number of nitrogens with one attached hydrogen (secondary N) is 1. The second kappa shape index (κ2) is 9.22. The molecule has 1 saturated carbocycles. The molecule has 1 aliphatic rings. The van der Waals surface area contributed by atoms with E-state index < -0.39 is 0 Å². The summed E-state index contributed by atoms with van der Waals surface area (Å²) in [6.45, 7) is 5.47. The van der Waals surface area contributed by atoms with Crippen LogP contribution in [0.1, 0.15) is 25.3 Å². The quantitative estimate of drug-likeness (QED) is 0.247. The molecule has 0 radical (unpaired) electrons. The van der Waals surface area contributed by atoms with Crippen molar-refractivity contribution in [2.75, 3.05) is 33.4 Å². The number of non-ortho nitro benzene ring substituents is 1. The molecule has 0 heterocycles. The Balaban J connectivity index is 1.88. The van der Waals surface area contributed by atoms with Gasteiger partial charge in [-0.1, -0.05) is 12.1 Å². The van der Waals surface area contributed by atoms with Gasteiger partial charge in [0.05, 0.1) is 18.1 Å². The average molecular weight is 334 g/mol. The van der Waals surface area contributed by atoms with Crippen LogP contribution in [0.5, 0.6) is 0 Å². The fraction of sp³-hybridized carbons (Fsp3) is 0.588. The molecule has 0 bridgehead atoms. The number of benzene rings is 1. The van der Waals surface area contributed by atoms with Gasteiger partial charge in [-0.15, -0.1) is 0 Å². The van der Waals surface area contributed by atoms with Crippen molar-refractivity contribution in [1.82, 2.24) is 10.2 Å². The van der Waals surface area contributed by atoms with Gasteiger partial charge >= 0.3 is 0 Å². The lowest BCUT2D eigenvalue weighted by atomic mass is 10.2. The lowest BCUT2D eigenvalue weighted by Gasteiger charge is -2.22. The first-order valence-corrected chi connectivity index (χ1v) is 8.40. The number of nitro groups is 1. The second-order valence-corrected chi connectivity index (χ2v) is 6.04. The minimum Gasteiger partial charge on any atom is -0.379 e. The Morgan fingerprint density at radius 2 is 2.29 bits per heavy atom. The highest BCUT2D eigenvalue weighted by molar-refractivity contribution is 5.79. The first-order valence-electron chi connectivity index (χ1n) is 8.40. The van der Waals surface area contributed by atoms with E-state index >= 15 is 0 Å². The van der Waals surface area contributed by atoms with Gasteiger partial charge in [-0.25, -0.2) is 4.99 Å². The molecular formula is C17H26N4O3. The van der Waals surface area contributed by atoms with Crippen LogP contribution in [0.15, 0.2) is 29.3 Å². The Kier molecular flexibility index (Phi) is 6.99. The van der Waals surface area contributed by atoms with Gasteiger partial charge < -0.3 is 15.0 Å². The number of rotatable bonds is 9. The van der Waals surface area contributed by atoms with E-state index in [9.17, 15) is 10.1 Å². The number of hydrogen-bond donors (Lipinski definition) is 1. The van der Waals surface area contributed by atoms with Gasteiger partial charge in [0, 0.05) is 38.9 Å². The Bertz CT molecular complexity index is 573. The first-order chi connectivity index (χ1) is 11.6. The zero-order chi connectivity index (χ0) is 17.4. The summed E-state index contributed by atoms with van der Waals surface area (Å²) < 4.78 is 5.66. The van der Waals surface area contributed by atoms with Crippen molar-refractivity contribution in [2.45, 2.75) is 26.3 Å². The first kappa shape index (κ1) is 18.2. The molecule has 0 saturated heterocycles. The van der Waals surface area contributed by atoms with Gasteiger partial charge in [-0.2, -0.15) is 0 Å². The SMILES string of the molecule is CCNC(=NCc1cccc([N+](=O)[O-])c1)N(C)CCOCC1CC1. The maximum atomic E-state index is 10.8. The number of guanidine groups is 1. The molecule has 0 aliphatic heterocycles. The summed E-state index contributed by atoms with van der Waals surface area (Å²) >= 11 is 0. The van der Waals surface area contributed by atoms with Crippen LogP contribution in [0, 0.1) is 16.0 Å². The zero-order valence-electron chi connectivity index (χ0n) is 14.4. The summed E-state index contributed by atoms with van der Waals surface area (Å²) in [5, 5.41) is 14.1. The van der Waals surface area contributed by atoms with Crippen molar-refractivity contribution in [1.29, 1.82) is 0 Å². The van der Waals surface area contributed by atoms with Crippen molar-refractivity contribution in [2.24, 2.45) is 10.9 Å². The summed E-state index contributed by atoms with van der Waals surface area (Å²) in [4.78, 5) is 17.0. The van der Waals surface area contributed by atoms with Gasteiger partial charge in [-0.05, 0) is 31.2 Å². The summed E-state index contributed by atoms with van der Waals surface area (Å²) in [6.07, 6.45) is 2.59. The van der Waals surface area contributed by atoms with Gasteiger partial charge in [0.1, 0.15) is 0 Å². The Labute approximate surface area is 142 Å². The molecule has 0 atom stereocenters. The van der Waals surface area contributed by atoms with Crippen LogP contribution in [0.3, 0.4) is 0 Å². The van der Waals surface area contributed by atoms with Crippen molar-refractivity contribution < 1.29 is 9.66 Å². The van der Waals surface area contributed by atoms with E-state index in [1.54, 1.807) is 12.1 Å². The van der Waals surface area contributed by atoms with E-state index in [1.807, 2.05) is 24.9 Å². The molecule has 132 valence electrons. The van der Waals surface area contributed by atoms with Gasteiger partial charge in [0.2, 0.25) is 0 Å². The highest BCUT2D eigenvalue weighted by atomic mass is 16.6. The smallest absolute Gasteiger partial charge is 0.269 e. The second-order valence-electron chi connectivity index (χ2n) is 6.04. The van der Waals surface area contributed by atoms with Crippen LogP contribution in [0.4, 0.5) is 5.69 Å². The molecule has 0 aromatic heterocycles. The minimum absolute atomic E-state index is 0.0922. The number of nitro benzene ring substituents is 1. The van der Waals surface area contributed by atoms with Crippen molar-refractivity contribution in [3.63, 3.8) is 0 Å². The standard InChI is InChI=1S/C17H26N4O3/c1-3-18-17(20(2)9-10-24-13-14-7-8-14)19-12-15-5-4-6-16(11-15)21(22)23/h4-6,11,14H,3,7-10,12-13H2,1-2H3,(H,18,19). The molecule has 7 heteroatoms. The highest BCUT2D eigenvalue weighted by Crippen LogP contribution is 2.28. The Morgan fingerprint density at radius 1 is 1.50 bits per heavy atom. The lowest BCUT2D eigenvalue weighted by molar-refractivity contribution is -0.384. The molecule has 1 fully saturated rings. The predicted molar refractivity (Wildman–Crippen MR) is 94.1 cm³/mol. The maximum absolute atomic E-state index is 10.8. The fourth-order valence-electron chi connectivity index (χ4n) is 2.25. The van der Waals surface area contributed by atoms with Crippen molar-refractivity contribution >= 4 is 11.6 Å². The van der Waals surface area contributed by atoms with Gasteiger partial charge in [0.15, 0.2) is 5.96 Å². The maximum Gasteiger partial charge on any atom is 0.269 e. The summed E-state index contributed by atoms with van der Waals surface area (Å²) in [7, 11) is 1.97. The lowest BCUT2D eigenvalue weighted by Crippen LogP contribution is -2.40. The van der Waals surface area contributed by atoms with Gasteiger partial charge in [-0.3, -0.25) is 10.1 Å². The third kappa shape index (κ3) is 6.16. The van der Waals surface area contributed by atoms with E-state index in [4.69, 9.17) is 4.74 Å². The zero-order valence-corrected chi connectivity index (χ0v) is 14.4. The van der Waals surface area contributed by atoms with Crippen LogP contribution in [-0.4, -0.2) is 49.1 Å². The monoisotopic (exact) mass is 334 g/mol. The predicted octanol–water partition coefficient (Wildman–Crippen LogP) is 2.42. The van der Waals surface area contributed by atoms with Crippen LogP contribution >= 0.6 is 0 Å². The molecule has 7 nitrogen and oxygen atoms in total. The summed E-state index contributed by atoms with van der Waals surface area (Å²) in [5.41, 5.74) is 0.910. The minimum atomic E-state index is -0.387. The van der Waals surface area contributed by atoms with E-state index in [0.29, 0.717) is 13.2 Å². The molecule has 24 heavy (non-hydrogen) atoms.